The normalized spacial score (nSPS) is 12.6. The van der Waals surface area contributed by atoms with E-state index in [2.05, 4.69) is 14.7 Å². The van der Waals surface area contributed by atoms with Crippen LogP contribution in [0.2, 0.25) is 0 Å². The molecule has 0 aliphatic carbocycles. The van der Waals surface area contributed by atoms with Crippen molar-refractivity contribution < 1.29 is 50.5 Å². The van der Waals surface area contributed by atoms with Gasteiger partial charge < -0.3 is 24.3 Å². The highest BCUT2D eigenvalue weighted by Gasteiger charge is 2.32. The van der Waals surface area contributed by atoms with Gasteiger partial charge in [0.25, 0.3) is 0 Å². The molecule has 1 heterocycles. The first-order valence-electron chi connectivity index (χ1n) is 11.5. The topological polar surface area (TPSA) is 93.7 Å². The summed E-state index contributed by atoms with van der Waals surface area (Å²) in [6.07, 6.45) is -8.88. The van der Waals surface area contributed by atoms with Gasteiger partial charge >= 0.3 is 18.5 Å². The number of aliphatic carboxylic acids is 1. The van der Waals surface area contributed by atoms with Crippen LogP contribution in [0.15, 0.2) is 72.9 Å². The molecule has 4 rings (SSSR count). The number of ether oxygens (including phenoxy) is 3. The number of hydrogen-bond acceptors (Lipinski definition) is 5. The molecule has 40 heavy (non-hydrogen) atoms. The Labute approximate surface area is 223 Å². The van der Waals surface area contributed by atoms with E-state index in [1.807, 2.05) is 0 Å². The van der Waals surface area contributed by atoms with Crippen LogP contribution in [0.1, 0.15) is 28.5 Å². The molecule has 0 saturated carbocycles. The molecule has 210 valence electrons. The van der Waals surface area contributed by atoms with Crippen molar-refractivity contribution in [2.24, 2.45) is 0 Å². The van der Waals surface area contributed by atoms with Crippen molar-refractivity contribution in [2.45, 2.75) is 25.6 Å². The predicted octanol–water partition coefficient (Wildman–Crippen LogP) is 6.93. The lowest BCUT2D eigenvalue weighted by atomic mass is 10.1. The van der Waals surface area contributed by atoms with Gasteiger partial charge in [0.05, 0.1) is 5.56 Å². The van der Waals surface area contributed by atoms with E-state index in [0.29, 0.717) is 28.2 Å². The van der Waals surface area contributed by atoms with Gasteiger partial charge in [0, 0.05) is 11.8 Å². The van der Waals surface area contributed by atoms with Crippen LogP contribution >= 0.6 is 0 Å². The van der Waals surface area contributed by atoms with E-state index in [9.17, 15) is 31.1 Å². The molecule has 7 nitrogen and oxygen atoms in total. The number of carboxylic acids is 1. The van der Waals surface area contributed by atoms with E-state index in [4.69, 9.17) is 14.6 Å². The van der Waals surface area contributed by atoms with E-state index >= 15 is 0 Å². The number of benzene rings is 3. The second kappa shape index (κ2) is 11.2. The maximum absolute atomic E-state index is 12.9. The molecule has 0 aliphatic heterocycles. The SMILES string of the molecule is Cc1cc(OC(c2ccc(OC(F)(F)F)cc2)c2c[nH]c(-c3ccc(C(F)(F)F)cc3)n2)ccc1OCC(=O)O. The summed E-state index contributed by atoms with van der Waals surface area (Å²) in [6.45, 7) is 1.12. The van der Waals surface area contributed by atoms with Gasteiger partial charge in [-0.05, 0) is 60.5 Å². The average molecular weight is 566 g/mol. The molecule has 0 fully saturated rings. The highest BCUT2D eigenvalue weighted by Crippen LogP contribution is 2.34. The molecular formula is C27H20F6N2O5. The smallest absolute Gasteiger partial charge is 0.482 e. The number of aromatic nitrogens is 2. The van der Waals surface area contributed by atoms with Crippen LogP contribution in [0, 0.1) is 6.92 Å². The van der Waals surface area contributed by atoms with Gasteiger partial charge in [0.1, 0.15) is 28.8 Å². The maximum Gasteiger partial charge on any atom is 0.573 e. The summed E-state index contributed by atoms with van der Waals surface area (Å²) in [7, 11) is 0. The molecule has 4 aromatic rings. The van der Waals surface area contributed by atoms with Crippen molar-refractivity contribution >= 4 is 5.97 Å². The standard InChI is InChI=1S/C27H20F6N2O5/c1-15-12-20(10-11-22(15)38-14-23(36)37)39-24(16-4-8-19(9-5-16)40-27(31,32)33)21-13-34-25(35-21)17-2-6-18(7-3-17)26(28,29)30/h2-13,24H,14H2,1H3,(H,34,35)(H,36,37). The van der Waals surface area contributed by atoms with E-state index in [-0.39, 0.29) is 11.5 Å². The number of hydrogen-bond donors (Lipinski definition) is 2. The molecular weight excluding hydrogens is 546 g/mol. The molecule has 0 radical (unpaired) electrons. The first kappa shape index (κ1) is 28.3. The van der Waals surface area contributed by atoms with Crippen LogP contribution in [0.25, 0.3) is 11.4 Å². The minimum atomic E-state index is -4.88. The van der Waals surface area contributed by atoms with E-state index < -0.39 is 42.5 Å². The minimum absolute atomic E-state index is 0.239. The lowest BCUT2D eigenvalue weighted by molar-refractivity contribution is -0.274. The summed E-state index contributed by atoms with van der Waals surface area (Å²) in [6, 6.07) is 13.9. The number of rotatable bonds is 9. The third kappa shape index (κ3) is 7.24. The largest absolute Gasteiger partial charge is 0.573 e. The molecule has 1 unspecified atom stereocenters. The number of imidazole rings is 1. The Morgan fingerprint density at radius 3 is 2.17 bits per heavy atom. The number of carboxylic acid groups (broad SMARTS) is 1. The summed E-state index contributed by atoms with van der Waals surface area (Å²) < 4.78 is 91.9. The molecule has 0 amide bonds. The zero-order valence-electron chi connectivity index (χ0n) is 20.5. The van der Waals surface area contributed by atoms with E-state index in [1.54, 1.807) is 13.0 Å². The molecule has 3 aromatic carbocycles. The summed E-state index contributed by atoms with van der Waals surface area (Å²) in [4.78, 5) is 18.1. The minimum Gasteiger partial charge on any atom is -0.482 e. The number of alkyl halides is 6. The van der Waals surface area contributed by atoms with E-state index in [1.165, 1.54) is 42.6 Å². The first-order chi connectivity index (χ1) is 18.8. The zero-order valence-corrected chi connectivity index (χ0v) is 20.5. The van der Waals surface area contributed by atoms with Crippen molar-refractivity contribution in [1.29, 1.82) is 0 Å². The summed E-state index contributed by atoms with van der Waals surface area (Å²) in [5.41, 5.74) is 0.769. The second-order valence-corrected chi connectivity index (χ2v) is 8.47. The average Bonchev–Trinajstić information content (AvgIpc) is 3.36. The molecule has 0 bridgehead atoms. The number of nitrogens with zero attached hydrogens (tertiary/aromatic N) is 1. The molecule has 13 heteroatoms. The van der Waals surface area contributed by atoms with Crippen molar-refractivity contribution in [1.82, 2.24) is 9.97 Å². The van der Waals surface area contributed by atoms with Crippen LogP contribution in [0.5, 0.6) is 17.2 Å². The number of aryl methyl sites for hydroxylation is 1. The van der Waals surface area contributed by atoms with Crippen LogP contribution in [0.4, 0.5) is 26.3 Å². The highest BCUT2D eigenvalue weighted by atomic mass is 19.4. The number of H-pyrrole nitrogens is 1. The maximum atomic E-state index is 12.9. The Bertz CT molecular complexity index is 1460. The van der Waals surface area contributed by atoms with Gasteiger partial charge in [-0.2, -0.15) is 13.2 Å². The van der Waals surface area contributed by atoms with Crippen molar-refractivity contribution in [2.75, 3.05) is 6.61 Å². The van der Waals surface area contributed by atoms with Crippen LogP contribution in [0.3, 0.4) is 0 Å². The van der Waals surface area contributed by atoms with Gasteiger partial charge in [-0.3, -0.25) is 0 Å². The second-order valence-electron chi connectivity index (χ2n) is 8.47. The predicted molar refractivity (Wildman–Crippen MR) is 129 cm³/mol. The van der Waals surface area contributed by atoms with Gasteiger partial charge in [-0.15, -0.1) is 13.2 Å². The monoisotopic (exact) mass is 566 g/mol. The van der Waals surface area contributed by atoms with Gasteiger partial charge in [0.2, 0.25) is 0 Å². The van der Waals surface area contributed by atoms with Gasteiger partial charge in [-0.25, -0.2) is 9.78 Å². The summed E-state index contributed by atoms with van der Waals surface area (Å²) >= 11 is 0. The van der Waals surface area contributed by atoms with Crippen molar-refractivity contribution in [3.8, 4) is 28.6 Å². The number of nitrogens with one attached hydrogen (secondary N) is 1. The number of halogens is 6. The fourth-order valence-electron chi connectivity index (χ4n) is 3.71. The number of carbonyl (C=O) groups is 1. The molecule has 1 aromatic heterocycles. The molecule has 0 spiro atoms. The van der Waals surface area contributed by atoms with Gasteiger partial charge in [0.15, 0.2) is 12.7 Å². The highest BCUT2D eigenvalue weighted by molar-refractivity contribution is 5.68. The van der Waals surface area contributed by atoms with Crippen LogP contribution in [-0.2, 0) is 11.0 Å². The fourth-order valence-corrected chi connectivity index (χ4v) is 3.71. The van der Waals surface area contributed by atoms with Gasteiger partial charge in [-0.1, -0.05) is 24.3 Å². The first-order valence-corrected chi connectivity index (χ1v) is 11.5. The van der Waals surface area contributed by atoms with Crippen molar-refractivity contribution in [3.05, 3.63) is 95.3 Å². The zero-order chi connectivity index (χ0) is 29.1. The summed E-state index contributed by atoms with van der Waals surface area (Å²) in [5, 5.41) is 8.83. The Morgan fingerprint density at radius 2 is 1.60 bits per heavy atom. The Hall–Kier alpha value is -4.68. The van der Waals surface area contributed by atoms with Crippen molar-refractivity contribution in [3.63, 3.8) is 0 Å². The van der Waals surface area contributed by atoms with E-state index in [0.717, 1.165) is 24.3 Å². The Morgan fingerprint density at radius 1 is 0.950 bits per heavy atom. The molecule has 0 aliphatic rings. The van der Waals surface area contributed by atoms with Crippen LogP contribution in [-0.4, -0.2) is 34.0 Å². The lowest BCUT2D eigenvalue weighted by Crippen LogP contribution is -2.17. The van der Waals surface area contributed by atoms with Crippen LogP contribution < -0.4 is 14.2 Å². The third-order valence-electron chi connectivity index (χ3n) is 5.52. The summed E-state index contributed by atoms with van der Waals surface area (Å²) in [5.74, 6) is -0.745. The lowest BCUT2D eigenvalue weighted by Gasteiger charge is -2.19. The molecule has 0 saturated heterocycles. The number of aromatic amines is 1. The fraction of sp³-hybridized carbons (Fsp3) is 0.185. The Balaban J connectivity index is 1.65. The molecule has 2 N–H and O–H groups in total. The Kier molecular flexibility index (Phi) is 7.93. The quantitative estimate of drug-likeness (QED) is 0.213. The third-order valence-corrected chi connectivity index (χ3v) is 5.52. The molecule has 1 atom stereocenters.